The van der Waals surface area contributed by atoms with Crippen molar-refractivity contribution >= 4 is 0 Å². The van der Waals surface area contributed by atoms with Gasteiger partial charge in [-0.3, -0.25) is 5.10 Å². The van der Waals surface area contributed by atoms with Gasteiger partial charge in [0.05, 0.1) is 6.20 Å². The number of aromatic amines is 1. The van der Waals surface area contributed by atoms with Gasteiger partial charge in [0, 0.05) is 30.1 Å². The standard InChI is InChI=1S/C9H13F2N3/c10-9(11)3-1-8(12,2-4-9)7-5-13-14-6-7/h5-6H,1-4,12H2,(H,13,14). The van der Waals surface area contributed by atoms with Crippen LogP contribution in [0.2, 0.25) is 0 Å². The topological polar surface area (TPSA) is 54.7 Å². The fraction of sp³-hybridized carbons (Fsp3) is 0.667. The third-order valence-electron chi connectivity index (χ3n) is 2.95. The molecular weight excluding hydrogens is 188 g/mol. The van der Waals surface area contributed by atoms with Gasteiger partial charge in [-0.2, -0.15) is 5.10 Å². The second-order valence-corrected chi connectivity index (χ2v) is 4.00. The summed E-state index contributed by atoms with van der Waals surface area (Å²) >= 11 is 0. The van der Waals surface area contributed by atoms with E-state index in [-0.39, 0.29) is 12.8 Å². The summed E-state index contributed by atoms with van der Waals surface area (Å²) in [4.78, 5) is 0. The van der Waals surface area contributed by atoms with Crippen molar-refractivity contribution in [1.82, 2.24) is 10.2 Å². The molecule has 0 aromatic carbocycles. The first kappa shape index (κ1) is 9.58. The largest absolute Gasteiger partial charge is 0.321 e. The molecule has 2 rings (SSSR count). The van der Waals surface area contributed by atoms with Crippen LogP contribution < -0.4 is 5.73 Å². The van der Waals surface area contributed by atoms with Crippen molar-refractivity contribution in [1.29, 1.82) is 0 Å². The maximum atomic E-state index is 12.9. The Morgan fingerprint density at radius 2 is 1.93 bits per heavy atom. The number of rotatable bonds is 1. The van der Waals surface area contributed by atoms with Crippen molar-refractivity contribution < 1.29 is 8.78 Å². The number of nitrogens with two attached hydrogens (primary N) is 1. The first-order valence-electron chi connectivity index (χ1n) is 4.68. The van der Waals surface area contributed by atoms with Gasteiger partial charge in [-0.1, -0.05) is 0 Å². The molecule has 0 unspecified atom stereocenters. The van der Waals surface area contributed by atoms with E-state index in [0.29, 0.717) is 12.8 Å². The number of nitrogens with zero attached hydrogens (tertiary/aromatic N) is 1. The molecule has 0 radical (unpaired) electrons. The third-order valence-corrected chi connectivity index (χ3v) is 2.95. The molecule has 1 heterocycles. The minimum Gasteiger partial charge on any atom is -0.321 e. The molecule has 0 bridgehead atoms. The minimum absolute atomic E-state index is 0.130. The van der Waals surface area contributed by atoms with E-state index in [1.165, 1.54) is 0 Å². The molecule has 1 fully saturated rings. The van der Waals surface area contributed by atoms with Gasteiger partial charge in [0.25, 0.3) is 0 Å². The van der Waals surface area contributed by atoms with Gasteiger partial charge in [-0.15, -0.1) is 0 Å². The molecule has 0 atom stereocenters. The van der Waals surface area contributed by atoms with Crippen LogP contribution in [0.5, 0.6) is 0 Å². The quantitative estimate of drug-likeness (QED) is 0.727. The number of hydrogen-bond donors (Lipinski definition) is 2. The van der Waals surface area contributed by atoms with E-state index < -0.39 is 11.5 Å². The van der Waals surface area contributed by atoms with E-state index in [2.05, 4.69) is 10.2 Å². The maximum Gasteiger partial charge on any atom is 0.248 e. The van der Waals surface area contributed by atoms with Gasteiger partial charge in [-0.05, 0) is 12.8 Å². The molecular formula is C9H13F2N3. The summed E-state index contributed by atoms with van der Waals surface area (Å²) in [5.41, 5.74) is 6.26. The Bertz CT molecular complexity index is 298. The highest BCUT2D eigenvalue weighted by molar-refractivity contribution is 5.18. The number of halogens is 2. The van der Waals surface area contributed by atoms with Gasteiger partial charge in [0.15, 0.2) is 0 Å². The van der Waals surface area contributed by atoms with E-state index in [0.717, 1.165) is 5.56 Å². The smallest absolute Gasteiger partial charge is 0.248 e. The van der Waals surface area contributed by atoms with E-state index in [1.54, 1.807) is 12.4 Å². The second kappa shape index (κ2) is 3.02. The maximum absolute atomic E-state index is 12.9. The number of nitrogens with one attached hydrogen (secondary N) is 1. The van der Waals surface area contributed by atoms with Crippen LogP contribution in [-0.2, 0) is 5.54 Å². The number of H-pyrrole nitrogens is 1. The molecule has 0 spiro atoms. The van der Waals surface area contributed by atoms with Crippen LogP contribution in [0.15, 0.2) is 12.4 Å². The van der Waals surface area contributed by atoms with Gasteiger partial charge in [0.2, 0.25) is 5.92 Å². The van der Waals surface area contributed by atoms with Crippen LogP contribution in [0.4, 0.5) is 8.78 Å². The molecule has 1 aliphatic rings. The normalized spacial score (nSPS) is 24.8. The number of aromatic nitrogens is 2. The third kappa shape index (κ3) is 1.64. The number of alkyl halides is 2. The van der Waals surface area contributed by atoms with Crippen LogP contribution in [0.25, 0.3) is 0 Å². The lowest BCUT2D eigenvalue weighted by Gasteiger charge is -2.36. The zero-order valence-electron chi connectivity index (χ0n) is 7.76. The van der Waals surface area contributed by atoms with Gasteiger partial charge in [0.1, 0.15) is 0 Å². The molecule has 0 saturated heterocycles. The Kier molecular flexibility index (Phi) is 2.06. The number of hydrogen-bond acceptors (Lipinski definition) is 2. The first-order chi connectivity index (χ1) is 6.52. The monoisotopic (exact) mass is 201 g/mol. The summed E-state index contributed by atoms with van der Waals surface area (Å²) in [6, 6.07) is 0. The fourth-order valence-electron chi connectivity index (χ4n) is 1.87. The Morgan fingerprint density at radius 3 is 2.43 bits per heavy atom. The van der Waals surface area contributed by atoms with Crippen LogP contribution in [0.3, 0.4) is 0 Å². The lowest BCUT2D eigenvalue weighted by Crippen LogP contribution is -2.43. The fourth-order valence-corrected chi connectivity index (χ4v) is 1.87. The van der Waals surface area contributed by atoms with Gasteiger partial charge < -0.3 is 5.73 Å². The van der Waals surface area contributed by atoms with E-state index in [9.17, 15) is 8.78 Å². The average Bonchev–Trinajstić information content (AvgIpc) is 2.64. The van der Waals surface area contributed by atoms with Gasteiger partial charge in [-0.25, -0.2) is 8.78 Å². The molecule has 0 amide bonds. The Morgan fingerprint density at radius 1 is 1.29 bits per heavy atom. The predicted molar refractivity (Wildman–Crippen MR) is 47.9 cm³/mol. The van der Waals surface area contributed by atoms with E-state index in [4.69, 9.17) is 5.73 Å². The second-order valence-electron chi connectivity index (χ2n) is 4.00. The molecule has 1 saturated carbocycles. The first-order valence-corrected chi connectivity index (χ1v) is 4.68. The summed E-state index contributed by atoms with van der Waals surface area (Å²) in [7, 11) is 0. The van der Waals surface area contributed by atoms with Crippen molar-refractivity contribution in [3.63, 3.8) is 0 Å². The minimum atomic E-state index is -2.54. The molecule has 1 aliphatic carbocycles. The lowest BCUT2D eigenvalue weighted by molar-refractivity contribution is -0.0514. The van der Waals surface area contributed by atoms with Crippen molar-refractivity contribution in [3.05, 3.63) is 18.0 Å². The molecule has 3 N–H and O–H groups in total. The molecule has 14 heavy (non-hydrogen) atoms. The summed E-state index contributed by atoms with van der Waals surface area (Å²) in [6.45, 7) is 0. The highest BCUT2D eigenvalue weighted by atomic mass is 19.3. The molecule has 78 valence electrons. The SMILES string of the molecule is NC1(c2cn[nH]c2)CCC(F)(F)CC1. The van der Waals surface area contributed by atoms with Crippen LogP contribution in [0, 0.1) is 0 Å². The Balaban J connectivity index is 2.13. The summed E-state index contributed by atoms with van der Waals surface area (Å²) < 4.78 is 25.8. The molecule has 5 heteroatoms. The lowest BCUT2D eigenvalue weighted by atomic mass is 9.77. The van der Waals surface area contributed by atoms with Crippen LogP contribution in [0.1, 0.15) is 31.2 Å². The van der Waals surface area contributed by atoms with E-state index >= 15 is 0 Å². The zero-order chi connectivity index (χ0) is 10.2. The van der Waals surface area contributed by atoms with Crippen LogP contribution >= 0.6 is 0 Å². The van der Waals surface area contributed by atoms with E-state index in [1.807, 2.05) is 0 Å². The molecule has 1 aromatic heterocycles. The summed E-state index contributed by atoms with van der Waals surface area (Å²) in [5.74, 6) is -2.54. The predicted octanol–water partition coefficient (Wildman–Crippen LogP) is 1.77. The molecule has 3 nitrogen and oxygen atoms in total. The van der Waals surface area contributed by atoms with Crippen molar-refractivity contribution in [2.45, 2.75) is 37.1 Å². The Hall–Kier alpha value is -0.970. The molecule has 0 aliphatic heterocycles. The van der Waals surface area contributed by atoms with Crippen molar-refractivity contribution in [2.24, 2.45) is 5.73 Å². The highest BCUT2D eigenvalue weighted by Gasteiger charge is 2.42. The molecule has 1 aromatic rings. The van der Waals surface area contributed by atoms with Crippen molar-refractivity contribution in [3.8, 4) is 0 Å². The summed E-state index contributed by atoms with van der Waals surface area (Å²) in [6.07, 6.45) is 3.68. The van der Waals surface area contributed by atoms with Crippen molar-refractivity contribution in [2.75, 3.05) is 0 Å². The van der Waals surface area contributed by atoms with Crippen LogP contribution in [-0.4, -0.2) is 16.1 Å². The van der Waals surface area contributed by atoms with Gasteiger partial charge >= 0.3 is 0 Å². The highest BCUT2D eigenvalue weighted by Crippen LogP contribution is 2.41. The zero-order valence-corrected chi connectivity index (χ0v) is 7.76. The Labute approximate surface area is 80.7 Å². The average molecular weight is 201 g/mol. The summed E-state index contributed by atoms with van der Waals surface area (Å²) in [5, 5.41) is 6.44.